The first kappa shape index (κ1) is 12.0. The largest absolute Gasteiger partial charge is 0.379 e. The molecule has 2 N–H and O–H groups in total. The van der Waals surface area contributed by atoms with E-state index in [1.807, 2.05) is 0 Å². The van der Waals surface area contributed by atoms with Crippen LogP contribution in [0.3, 0.4) is 0 Å². The van der Waals surface area contributed by atoms with E-state index >= 15 is 0 Å². The Hall–Kier alpha value is -0.120. The van der Waals surface area contributed by atoms with Crippen LogP contribution in [-0.2, 0) is 4.74 Å². The lowest BCUT2D eigenvalue weighted by molar-refractivity contribution is 0.00385. The summed E-state index contributed by atoms with van der Waals surface area (Å²) in [4.78, 5) is 2.50. The van der Waals surface area contributed by atoms with Crippen LogP contribution >= 0.6 is 0 Å². The van der Waals surface area contributed by atoms with Crippen LogP contribution in [0, 0.1) is 5.92 Å². The van der Waals surface area contributed by atoms with Crippen molar-refractivity contribution in [3.8, 4) is 0 Å². The Morgan fingerprint density at radius 3 is 2.21 bits per heavy atom. The molecule has 1 fully saturated rings. The second-order valence-corrected chi connectivity index (χ2v) is 4.03. The Bertz CT molecular complexity index is 142. The van der Waals surface area contributed by atoms with Crippen LogP contribution < -0.4 is 5.73 Å². The maximum Gasteiger partial charge on any atom is 0.0594 e. The van der Waals surface area contributed by atoms with Gasteiger partial charge in [-0.3, -0.25) is 4.90 Å². The van der Waals surface area contributed by atoms with Crippen LogP contribution in [0.25, 0.3) is 0 Å². The van der Waals surface area contributed by atoms with E-state index in [-0.39, 0.29) is 0 Å². The molecule has 1 saturated heterocycles. The molecule has 0 aromatic carbocycles. The van der Waals surface area contributed by atoms with Gasteiger partial charge in [0, 0.05) is 25.7 Å². The van der Waals surface area contributed by atoms with Gasteiger partial charge in [0.2, 0.25) is 0 Å². The van der Waals surface area contributed by atoms with Gasteiger partial charge in [0.05, 0.1) is 13.2 Å². The highest BCUT2D eigenvalue weighted by atomic mass is 16.5. The molecule has 84 valence electrons. The molecule has 1 heterocycles. The molecular formula is C11H24N2O. The molecule has 14 heavy (non-hydrogen) atoms. The molecule has 0 bridgehead atoms. The Morgan fingerprint density at radius 2 is 1.79 bits per heavy atom. The average molecular weight is 200 g/mol. The second-order valence-electron chi connectivity index (χ2n) is 4.03. The minimum absolute atomic E-state index is 0.564. The monoisotopic (exact) mass is 200 g/mol. The van der Waals surface area contributed by atoms with Gasteiger partial charge in [0.1, 0.15) is 0 Å². The maximum atomic E-state index is 5.87. The zero-order chi connectivity index (χ0) is 10.4. The van der Waals surface area contributed by atoms with Crippen LogP contribution in [0.1, 0.15) is 26.7 Å². The summed E-state index contributed by atoms with van der Waals surface area (Å²) in [6.45, 7) is 9.16. The second kappa shape index (κ2) is 6.38. The van der Waals surface area contributed by atoms with Gasteiger partial charge in [-0.25, -0.2) is 0 Å². The number of nitrogens with two attached hydrogens (primary N) is 1. The lowest BCUT2D eigenvalue weighted by Crippen LogP contribution is -2.50. The van der Waals surface area contributed by atoms with E-state index in [9.17, 15) is 0 Å². The number of morpholine rings is 1. The van der Waals surface area contributed by atoms with E-state index in [4.69, 9.17) is 10.5 Å². The molecule has 3 nitrogen and oxygen atoms in total. The summed E-state index contributed by atoms with van der Waals surface area (Å²) < 4.78 is 5.36. The predicted octanol–water partition coefficient (Wildman–Crippen LogP) is 1.08. The molecule has 1 aliphatic heterocycles. The zero-order valence-electron chi connectivity index (χ0n) is 9.54. The summed E-state index contributed by atoms with van der Waals surface area (Å²) in [6, 6.07) is 0.564. The summed E-state index contributed by atoms with van der Waals surface area (Å²) >= 11 is 0. The summed E-state index contributed by atoms with van der Waals surface area (Å²) in [5, 5.41) is 0. The summed E-state index contributed by atoms with van der Waals surface area (Å²) in [6.07, 6.45) is 2.46. The smallest absolute Gasteiger partial charge is 0.0594 e. The Labute approximate surface area is 87.6 Å². The van der Waals surface area contributed by atoms with Gasteiger partial charge in [-0.15, -0.1) is 0 Å². The number of hydrogen-bond acceptors (Lipinski definition) is 3. The molecule has 1 unspecified atom stereocenters. The first-order valence-electron chi connectivity index (χ1n) is 5.85. The molecule has 0 aliphatic carbocycles. The Balaban J connectivity index is 2.49. The Kier molecular flexibility index (Phi) is 5.45. The fourth-order valence-electron chi connectivity index (χ4n) is 2.38. The minimum Gasteiger partial charge on any atom is -0.379 e. The first-order valence-corrected chi connectivity index (χ1v) is 5.85. The van der Waals surface area contributed by atoms with Gasteiger partial charge < -0.3 is 10.5 Å². The van der Waals surface area contributed by atoms with Crippen molar-refractivity contribution >= 4 is 0 Å². The normalized spacial score (nSPS) is 21.4. The number of ether oxygens (including phenoxy) is 1. The zero-order valence-corrected chi connectivity index (χ0v) is 9.54. The fourth-order valence-corrected chi connectivity index (χ4v) is 2.38. The molecule has 0 saturated carbocycles. The molecule has 0 spiro atoms. The first-order chi connectivity index (χ1) is 6.83. The average Bonchev–Trinajstić information content (AvgIpc) is 2.27. The van der Waals surface area contributed by atoms with Gasteiger partial charge in [0.25, 0.3) is 0 Å². The molecule has 0 amide bonds. The molecule has 1 rings (SSSR count). The third kappa shape index (κ3) is 2.94. The molecule has 0 radical (unpaired) electrons. The molecule has 1 atom stereocenters. The molecule has 1 aliphatic rings. The van der Waals surface area contributed by atoms with Gasteiger partial charge in [-0.05, 0) is 5.92 Å². The van der Waals surface area contributed by atoms with Crippen LogP contribution in [0.15, 0.2) is 0 Å². The minimum atomic E-state index is 0.564. The highest BCUT2D eigenvalue weighted by Gasteiger charge is 2.25. The SMILES string of the molecule is CCC(CC)C(CN)N1CCOCC1. The molecular weight excluding hydrogens is 176 g/mol. The highest BCUT2D eigenvalue weighted by molar-refractivity contribution is 4.80. The van der Waals surface area contributed by atoms with Crippen LogP contribution in [0.4, 0.5) is 0 Å². The summed E-state index contributed by atoms with van der Waals surface area (Å²) in [7, 11) is 0. The topological polar surface area (TPSA) is 38.5 Å². The van der Waals surface area contributed by atoms with Gasteiger partial charge in [-0.2, -0.15) is 0 Å². The predicted molar refractivity (Wildman–Crippen MR) is 59.3 cm³/mol. The third-order valence-corrected chi connectivity index (χ3v) is 3.35. The van der Waals surface area contributed by atoms with Gasteiger partial charge in [-0.1, -0.05) is 26.7 Å². The highest BCUT2D eigenvalue weighted by Crippen LogP contribution is 2.18. The summed E-state index contributed by atoms with van der Waals surface area (Å²) in [5.41, 5.74) is 5.87. The summed E-state index contributed by atoms with van der Waals surface area (Å²) in [5.74, 6) is 0.748. The lowest BCUT2D eigenvalue weighted by atomic mass is 9.92. The molecule has 0 aromatic rings. The van der Waals surface area contributed by atoms with E-state index in [0.717, 1.165) is 38.8 Å². The van der Waals surface area contributed by atoms with Gasteiger partial charge in [0.15, 0.2) is 0 Å². The lowest BCUT2D eigenvalue weighted by Gasteiger charge is -2.38. The van der Waals surface area contributed by atoms with Crippen LogP contribution in [-0.4, -0.2) is 43.8 Å². The fraction of sp³-hybridized carbons (Fsp3) is 1.00. The van der Waals surface area contributed by atoms with E-state index in [1.54, 1.807) is 0 Å². The van der Waals surface area contributed by atoms with Crippen molar-refractivity contribution in [3.05, 3.63) is 0 Å². The number of rotatable bonds is 5. The van der Waals surface area contributed by atoms with Gasteiger partial charge >= 0.3 is 0 Å². The maximum absolute atomic E-state index is 5.87. The van der Waals surface area contributed by atoms with Crippen LogP contribution in [0.2, 0.25) is 0 Å². The van der Waals surface area contributed by atoms with Crippen molar-refractivity contribution in [2.24, 2.45) is 11.7 Å². The van der Waals surface area contributed by atoms with E-state index in [2.05, 4.69) is 18.7 Å². The van der Waals surface area contributed by atoms with Crippen molar-refractivity contribution in [3.63, 3.8) is 0 Å². The number of nitrogens with zero attached hydrogens (tertiary/aromatic N) is 1. The molecule has 0 aromatic heterocycles. The van der Waals surface area contributed by atoms with Crippen molar-refractivity contribution in [1.82, 2.24) is 4.90 Å². The standard InChI is InChI=1S/C11H24N2O/c1-3-10(4-2)11(9-12)13-5-7-14-8-6-13/h10-11H,3-9,12H2,1-2H3. The van der Waals surface area contributed by atoms with E-state index in [1.165, 1.54) is 12.8 Å². The van der Waals surface area contributed by atoms with Crippen molar-refractivity contribution in [1.29, 1.82) is 0 Å². The third-order valence-electron chi connectivity index (χ3n) is 3.35. The molecule has 3 heteroatoms. The van der Waals surface area contributed by atoms with E-state index < -0.39 is 0 Å². The Morgan fingerprint density at radius 1 is 1.21 bits per heavy atom. The number of hydrogen-bond donors (Lipinski definition) is 1. The quantitative estimate of drug-likeness (QED) is 0.722. The van der Waals surface area contributed by atoms with Crippen molar-refractivity contribution < 1.29 is 4.74 Å². The van der Waals surface area contributed by atoms with E-state index in [0.29, 0.717) is 6.04 Å². The van der Waals surface area contributed by atoms with Crippen molar-refractivity contribution in [2.75, 3.05) is 32.8 Å². The van der Waals surface area contributed by atoms with Crippen LogP contribution in [0.5, 0.6) is 0 Å². The van der Waals surface area contributed by atoms with Crippen molar-refractivity contribution in [2.45, 2.75) is 32.7 Å².